The summed E-state index contributed by atoms with van der Waals surface area (Å²) in [6.07, 6.45) is 0.313. The molecule has 0 spiro atoms. The van der Waals surface area contributed by atoms with Crippen LogP contribution in [0.2, 0.25) is 0 Å². The van der Waals surface area contributed by atoms with Crippen LogP contribution in [0.15, 0.2) is 54.6 Å². The molecule has 0 fully saturated rings. The van der Waals surface area contributed by atoms with Crippen molar-refractivity contribution in [2.24, 2.45) is 0 Å². The lowest BCUT2D eigenvalue weighted by atomic mass is 9.99. The monoisotopic (exact) mass is 331 g/mol. The first-order valence-electron chi connectivity index (χ1n) is 7.37. The lowest BCUT2D eigenvalue weighted by Crippen LogP contribution is -2.40. The van der Waals surface area contributed by atoms with Gasteiger partial charge < -0.3 is 10.2 Å². The van der Waals surface area contributed by atoms with Gasteiger partial charge in [-0.3, -0.25) is 4.90 Å². The van der Waals surface area contributed by atoms with Crippen LogP contribution >= 0.6 is 0 Å². The van der Waals surface area contributed by atoms with Gasteiger partial charge in [0.1, 0.15) is 11.6 Å². The molecule has 2 N–H and O–H groups in total. The predicted octanol–water partition coefficient (Wildman–Crippen LogP) is 3.44. The molecule has 1 aliphatic rings. The molecule has 124 valence electrons. The average molecular weight is 331 g/mol. The number of halogens is 2. The van der Waals surface area contributed by atoms with Crippen molar-refractivity contribution in [2.45, 2.75) is 12.1 Å². The molecule has 0 unspecified atom stereocenters. The number of amides is 1. The number of rotatable bonds is 3. The second kappa shape index (κ2) is 6.41. The van der Waals surface area contributed by atoms with Crippen molar-refractivity contribution in [2.75, 3.05) is 6.61 Å². The van der Waals surface area contributed by atoms with Gasteiger partial charge in [0.2, 0.25) is 0 Å². The van der Waals surface area contributed by atoms with Crippen molar-refractivity contribution < 1.29 is 23.8 Å². The zero-order chi connectivity index (χ0) is 17.3. The molecular weight excluding hydrogens is 316 g/mol. The molecule has 0 aromatic heterocycles. The lowest BCUT2D eigenvalue weighted by molar-refractivity contribution is 0.109. The molecule has 1 aliphatic heterocycles. The summed E-state index contributed by atoms with van der Waals surface area (Å²) >= 11 is 0. The van der Waals surface area contributed by atoms with E-state index in [4.69, 9.17) is 0 Å². The number of nitrogens with zero attached hydrogens (tertiary/aromatic N) is 1. The number of hydrogen-bond acceptors (Lipinski definition) is 2. The molecule has 0 saturated carbocycles. The molecule has 24 heavy (non-hydrogen) atoms. The third-order valence-electron chi connectivity index (χ3n) is 4.11. The van der Waals surface area contributed by atoms with E-state index in [9.17, 15) is 23.8 Å². The normalized spacial score (nSPS) is 20.1. The summed E-state index contributed by atoms with van der Waals surface area (Å²) in [7, 11) is 0. The Morgan fingerprint density at radius 3 is 2.46 bits per heavy atom. The maximum Gasteiger partial charge on any atom is 0.408 e. The number of aliphatic hydroxyl groups is 1. The third kappa shape index (κ3) is 2.76. The van der Waals surface area contributed by atoms with Crippen LogP contribution in [0.25, 0.3) is 5.57 Å². The Labute approximate surface area is 137 Å². The first kappa shape index (κ1) is 16.1. The van der Waals surface area contributed by atoms with Crippen molar-refractivity contribution in [3.63, 3.8) is 0 Å². The van der Waals surface area contributed by atoms with E-state index in [1.807, 2.05) is 0 Å². The first-order valence-corrected chi connectivity index (χ1v) is 7.37. The van der Waals surface area contributed by atoms with E-state index < -0.39 is 36.4 Å². The Morgan fingerprint density at radius 2 is 1.83 bits per heavy atom. The minimum atomic E-state index is -1.24. The van der Waals surface area contributed by atoms with E-state index in [0.717, 1.165) is 23.1 Å². The SMILES string of the molecule is O=C(O)N1[C@@H](c2ccccc2)C=C(c2cc(F)ccc2F)[C@@H]1CO. The Morgan fingerprint density at radius 1 is 1.12 bits per heavy atom. The predicted molar refractivity (Wildman–Crippen MR) is 84.3 cm³/mol. The van der Waals surface area contributed by atoms with Crippen molar-refractivity contribution in [3.8, 4) is 0 Å². The molecule has 1 heterocycles. The Bertz CT molecular complexity index is 792. The molecule has 0 bridgehead atoms. The van der Waals surface area contributed by atoms with Crippen LogP contribution in [-0.4, -0.2) is 33.9 Å². The molecular formula is C18H15F2NO3. The highest BCUT2D eigenvalue weighted by Gasteiger charge is 2.39. The number of carbonyl (C=O) groups is 1. The van der Waals surface area contributed by atoms with Crippen LogP contribution in [0.1, 0.15) is 17.2 Å². The molecule has 3 rings (SSSR count). The quantitative estimate of drug-likeness (QED) is 0.906. The molecule has 2 aromatic carbocycles. The van der Waals surface area contributed by atoms with Gasteiger partial charge in [-0.25, -0.2) is 13.6 Å². The van der Waals surface area contributed by atoms with Crippen molar-refractivity contribution in [3.05, 3.63) is 77.4 Å². The van der Waals surface area contributed by atoms with Gasteiger partial charge in [0.05, 0.1) is 18.7 Å². The van der Waals surface area contributed by atoms with Gasteiger partial charge in [-0.1, -0.05) is 36.4 Å². The van der Waals surface area contributed by atoms with E-state index in [0.29, 0.717) is 5.56 Å². The minimum Gasteiger partial charge on any atom is -0.465 e. The van der Waals surface area contributed by atoms with Gasteiger partial charge in [-0.2, -0.15) is 0 Å². The van der Waals surface area contributed by atoms with Crippen LogP contribution < -0.4 is 0 Å². The summed E-state index contributed by atoms with van der Waals surface area (Å²) in [5.41, 5.74) is 0.898. The molecule has 6 heteroatoms. The van der Waals surface area contributed by atoms with Crippen LogP contribution in [0, 0.1) is 11.6 Å². The van der Waals surface area contributed by atoms with Gasteiger partial charge in [0.25, 0.3) is 0 Å². The van der Waals surface area contributed by atoms with Crippen LogP contribution in [0.4, 0.5) is 13.6 Å². The third-order valence-corrected chi connectivity index (χ3v) is 4.11. The van der Waals surface area contributed by atoms with E-state index >= 15 is 0 Å². The van der Waals surface area contributed by atoms with E-state index in [1.165, 1.54) is 0 Å². The standard InChI is InChI=1S/C18H15F2NO3/c19-12-6-7-15(20)13(8-12)14-9-16(11-4-2-1-3-5-11)21(18(23)24)17(14)10-22/h1-9,16-17,22H,10H2,(H,23,24)/t16-,17+/m1/s1. The maximum absolute atomic E-state index is 14.1. The van der Waals surface area contributed by atoms with Crippen LogP contribution in [-0.2, 0) is 0 Å². The Hall–Kier alpha value is -2.73. The largest absolute Gasteiger partial charge is 0.465 e. The maximum atomic E-state index is 14.1. The summed E-state index contributed by atoms with van der Waals surface area (Å²) in [5, 5.41) is 19.2. The molecule has 2 atom stereocenters. The fourth-order valence-electron chi connectivity index (χ4n) is 3.04. The fourth-order valence-corrected chi connectivity index (χ4v) is 3.04. The summed E-state index contributed by atoms with van der Waals surface area (Å²) in [6.45, 7) is -0.530. The summed E-state index contributed by atoms with van der Waals surface area (Å²) < 4.78 is 27.7. The molecule has 0 aliphatic carbocycles. The lowest BCUT2D eigenvalue weighted by Gasteiger charge is -2.28. The Kier molecular flexibility index (Phi) is 4.31. The van der Waals surface area contributed by atoms with Crippen molar-refractivity contribution in [1.82, 2.24) is 4.90 Å². The first-order chi connectivity index (χ1) is 11.5. The zero-order valence-electron chi connectivity index (χ0n) is 12.6. The number of carboxylic acid groups (broad SMARTS) is 1. The molecule has 0 saturated heterocycles. The fraction of sp³-hybridized carbons (Fsp3) is 0.167. The molecule has 1 amide bonds. The number of aliphatic hydroxyl groups excluding tert-OH is 1. The number of benzene rings is 2. The molecule has 2 aromatic rings. The second-order valence-corrected chi connectivity index (χ2v) is 5.49. The summed E-state index contributed by atoms with van der Waals surface area (Å²) in [6, 6.07) is 10.2. The smallest absolute Gasteiger partial charge is 0.408 e. The van der Waals surface area contributed by atoms with Gasteiger partial charge in [-0.05, 0) is 29.3 Å². The van der Waals surface area contributed by atoms with E-state index in [2.05, 4.69) is 0 Å². The van der Waals surface area contributed by atoms with Gasteiger partial charge in [0.15, 0.2) is 0 Å². The van der Waals surface area contributed by atoms with Crippen LogP contribution in [0.3, 0.4) is 0 Å². The van der Waals surface area contributed by atoms with Crippen LogP contribution in [0.5, 0.6) is 0 Å². The highest BCUT2D eigenvalue weighted by molar-refractivity contribution is 5.80. The van der Waals surface area contributed by atoms with Crippen molar-refractivity contribution >= 4 is 11.7 Å². The zero-order valence-corrected chi connectivity index (χ0v) is 12.6. The molecule has 4 nitrogen and oxygen atoms in total. The van der Waals surface area contributed by atoms with Crippen molar-refractivity contribution in [1.29, 1.82) is 0 Å². The molecule has 0 radical (unpaired) electrons. The second-order valence-electron chi connectivity index (χ2n) is 5.49. The van der Waals surface area contributed by atoms with Gasteiger partial charge >= 0.3 is 6.09 Å². The summed E-state index contributed by atoms with van der Waals surface area (Å²) in [4.78, 5) is 12.7. The minimum absolute atomic E-state index is 0.0428. The average Bonchev–Trinajstić information content (AvgIpc) is 2.97. The summed E-state index contributed by atoms with van der Waals surface area (Å²) in [5.74, 6) is -1.30. The highest BCUT2D eigenvalue weighted by atomic mass is 19.1. The Balaban J connectivity index is 2.13. The van der Waals surface area contributed by atoms with E-state index in [-0.39, 0.29) is 11.1 Å². The topological polar surface area (TPSA) is 60.8 Å². The van der Waals surface area contributed by atoms with E-state index in [1.54, 1.807) is 36.4 Å². The highest BCUT2D eigenvalue weighted by Crippen LogP contribution is 2.40. The van der Waals surface area contributed by atoms with Gasteiger partial charge in [-0.15, -0.1) is 0 Å². The van der Waals surface area contributed by atoms with Gasteiger partial charge in [0, 0.05) is 5.56 Å². The number of hydrogen-bond donors (Lipinski definition) is 2.